The molecular formula is C17H15F6NO4. The van der Waals surface area contributed by atoms with Crippen molar-refractivity contribution in [2.75, 3.05) is 14.2 Å². The highest BCUT2D eigenvalue weighted by atomic mass is 19.4. The third-order valence-electron chi connectivity index (χ3n) is 3.57. The van der Waals surface area contributed by atoms with E-state index in [0.717, 1.165) is 20.3 Å². The standard InChI is InChI=1S/C17H15F6NO4/c1-4-15(14(26)28-3,8-13(25)27-2)24-9-10-5-11(16(18,19)20)7-12(6-10)17(21,22)23/h4-7,9H,1,8H2,2-3H3. The zero-order valence-electron chi connectivity index (χ0n) is 14.6. The van der Waals surface area contributed by atoms with Gasteiger partial charge in [0.1, 0.15) is 0 Å². The van der Waals surface area contributed by atoms with E-state index in [1.807, 2.05) is 0 Å². The summed E-state index contributed by atoms with van der Waals surface area (Å²) in [6.07, 6.45) is -9.33. The second-order valence-corrected chi connectivity index (χ2v) is 5.47. The molecule has 0 aliphatic rings. The van der Waals surface area contributed by atoms with Crippen molar-refractivity contribution < 1.29 is 45.4 Å². The summed E-state index contributed by atoms with van der Waals surface area (Å²) >= 11 is 0. The number of halogens is 6. The van der Waals surface area contributed by atoms with Gasteiger partial charge in [-0.05, 0) is 23.8 Å². The van der Waals surface area contributed by atoms with Crippen LogP contribution in [0.3, 0.4) is 0 Å². The average Bonchev–Trinajstić information content (AvgIpc) is 2.62. The lowest BCUT2D eigenvalue weighted by atomic mass is 9.96. The molecule has 11 heteroatoms. The maximum atomic E-state index is 12.9. The lowest BCUT2D eigenvalue weighted by Crippen LogP contribution is -2.38. The average molecular weight is 411 g/mol. The molecule has 0 aliphatic carbocycles. The van der Waals surface area contributed by atoms with Crippen LogP contribution in [0.4, 0.5) is 26.3 Å². The van der Waals surface area contributed by atoms with Crippen LogP contribution in [0, 0.1) is 0 Å². The zero-order chi connectivity index (χ0) is 21.8. The summed E-state index contributed by atoms with van der Waals surface area (Å²) in [5, 5.41) is 0. The normalized spacial score (nSPS) is 14.4. The Labute approximate surface area is 155 Å². The molecule has 0 aromatic heterocycles. The number of ether oxygens (including phenoxy) is 2. The molecule has 154 valence electrons. The van der Waals surface area contributed by atoms with Crippen LogP contribution < -0.4 is 0 Å². The molecule has 0 saturated heterocycles. The first-order valence-electron chi connectivity index (χ1n) is 7.42. The molecule has 0 saturated carbocycles. The van der Waals surface area contributed by atoms with Crippen LogP contribution in [-0.2, 0) is 31.4 Å². The topological polar surface area (TPSA) is 65.0 Å². The third-order valence-corrected chi connectivity index (χ3v) is 3.57. The molecule has 1 unspecified atom stereocenters. The largest absolute Gasteiger partial charge is 0.469 e. The zero-order valence-corrected chi connectivity index (χ0v) is 14.6. The molecule has 5 nitrogen and oxygen atoms in total. The number of rotatable bonds is 6. The fourth-order valence-electron chi connectivity index (χ4n) is 2.09. The van der Waals surface area contributed by atoms with E-state index in [2.05, 4.69) is 21.0 Å². The molecule has 28 heavy (non-hydrogen) atoms. The van der Waals surface area contributed by atoms with Crippen LogP contribution in [0.15, 0.2) is 35.8 Å². The van der Waals surface area contributed by atoms with E-state index in [-0.39, 0.29) is 6.07 Å². The number of carbonyl (C=O) groups is 2. The van der Waals surface area contributed by atoms with Crippen molar-refractivity contribution in [3.05, 3.63) is 47.5 Å². The van der Waals surface area contributed by atoms with Crippen molar-refractivity contribution in [1.29, 1.82) is 0 Å². The summed E-state index contributed by atoms with van der Waals surface area (Å²) < 4.78 is 86.4. The van der Waals surface area contributed by atoms with Crippen molar-refractivity contribution >= 4 is 18.2 Å². The highest BCUT2D eigenvalue weighted by Crippen LogP contribution is 2.36. The molecule has 0 amide bonds. The summed E-state index contributed by atoms with van der Waals surface area (Å²) in [5.41, 5.74) is -5.80. The predicted octanol–water partition coefficient (Wildman–Crippen LogP) is 3.80. The molecule has 1 atom stereocenters. The Balaban J connectivity index is 3.52. The van der Waals surface area contributed by atoms with Gasteiger partial charge in [-0.25, -0.2) is 4.79 Å². The Morgan fingerprint density at radius 3 is 1.86 bits per heavy atom. The van der Waals surface area contributed by atoms with Gasteiger partial charge in [0.05, 0.1) is 31.8 Å². The smallest absolute Gasteiger partial charge is 0.416 e. The Morgan fingerprint density at radius 1 is 1.00 bits per heavy atom. The maximum absolute atomic E-state index is 12.9. The molecule has 1 rings (SSSR count). The first-order chi connectivity index (χ1) is 12.8. The van der Waals surface area contributed by atoms with Gasteiger partial charge in [-0.1, -0.05) is 6.08 Å². The summed E-state index contributed by atoms with van der Waals surface area (Å²) in [5.74, 6) is -2.03. The van der Waals surface area contributed by atoms with Crippen LogP contribution >= 0.6 is 0 Å². The van der Waals surface area contributed by atoms with Crippen LogP contribution in [0.2, 0.25) is 0 Å². The lowest BCUT2D eigenvalue weighted by Gasteiger charge is -2.22. The Hall–Kier alpha value is -2.85. The van der Waals surface area contributed by atoms with E-state index in [0.29, 0.717) is 18.3 Å². The van der Waals surface area contributed by atoms with Gasteiger partial charge in [-0.2, -0.15) is 26.3 Å². The van der Waals surface area contributed by atoms with Gasteiger partial charge in [0.15, 0.2) is 5.54 Å². The fraction of sp³-hybridized carbons (Fsp3) is 0.353. The first-order valence-corrected chi connectivity index (χ1v) is 7.42. The SMILES string of the molecule is C=CC(CC(=O)OC)(N=Cc1cc(C(F)(F)F)cc(C(F)(F)F)c1)C(=O)OC. The minimum Gasteiger partial charge on any atom is -0.469 e. The van der Waals surface area contributed by atoms with Gasteiger partial charge >= 0.3 is 24.3 Å². The van der Waals surface area contributed by atoms with Crippen LogP contribution in [0.1, 0.15) is 23.1 Å². The van der Waals surface area contributed by atoms with E-state index in [9.17, 15) is 35.9 Å². The van der Waals surface area contributed by atoms with Gasteiger partial charge in [0, 0.05) is 6.21 Å². The van der Waals surface area contributed by atoms with Gasteiger partial charge in [-0.15, -0.1) is 6.58 Å². The second kappa shape index (κ2) is 8.44. The Kier molecular flexibility index (Phi) is 6.99. The second-order valence-electron chi connectivity index (χ2n) is 5.47. The Bertz CT molecular complexity index is 753. The summed E-state index contributed by atoms with van der Waals surface area (Å²) in [6.45, 7) is 3.33. The van der Waals surface area contributed by atoms with E-state index < -0.39 is 52.9 Å². The summed E-state index contributed by atoms with van der Waals surface area (Å²) in [7, 11) is 1.97. The number of carbonyl (C=O) groups excluding carboxylic acids is 2. The van der Waals surface area contributed by atoms with Crippen LogP contribution in [-0.4, -0.2) is 37.9 Å². The molecule has 1 aromatic rings. The number of hydrogen-bond donors (Lipinski definition) is 0. The molecule has 1 aromatic carbocycles. The molecule has 0 spiro atoms. The summed E-state index contributed by atoms with van der Waals surface area (Å²) in [4.78, 5) is 27.3. The lowest BCUT2D eigenvalue weighted by molar-refractivity contribution is -0.151. The third kappa shape index (κ3) is 5.57. The molecule has 0 aliphatic heterocycles. The minimum absolute atomic E-state index is 0.0488. The number of benzene rings is 1. The number of esters is 2. The van der Waals surface area contributed by atoms with Crippen LogP contribution in [0.5, 0.6) is 0 Å². The highest BCUT2D eigenvalue weighted by Gasteiger charge is 2.40. The van der Waals surface area contributed by atoms with Crippen molar-refractivity contribution in [3.8, 4) is 0 Å². The molecule has 0 bridgehead atoms. The number of methoxy groups -OCH3 is 2. The number of nitrogens with zero attached hydrogens (tertiary/aromatic N) is 1. The molecule has 0 heterocycles. The van der Waals surface area contributed by atoms with Gasteiger partial charge in [-0.3, -0.25) is 9.79 Å². The number of alkyl halides is 6. The minimum atomic E-state index is -5.05. The van der Waals surface area contributed by atoms with Crippen molar-refractivity contribution in [1.82, 2.24) is 0 Å². The Morgan fingerprint density at radius 2 is 1.50 bits per heavy atom. The molecule has 0 N–H and O–H groups in total. The quantitative estimate of drug-likeness (QED) is 0.309. The van der Waals surface area contributed by atoms with E-state index in [4.69, 9.17) is 0 Å². The van der Waals surface area contributed by atoms with Crippen molar-refractivity contribution in [3.63, 3.8) is 0 Å². The number of aliphatic imine (C=N–C) groups is 1. The predicted molar refractivity (Wildman–Crippen MR) is 85.6 cm³/mol. The molecule has 0 radical (unpaired) electrons. The maximum Gasteiger partial charge on any atom is 0.416 e. The van der Waals surface area contributed by atoms with E-state index >= 15 is 0 Å². The summed E-state index contributed by atoms with van der Waals surface area (Å²) in [6, 6.07) is 0.789. The van der Waals surface area contributed by atoms with Crippen LogP contribution in [0.25, 0.3) is 0 Å². The van der Waals surface area contributed by atoms with Gasteiger partial charge < -0.3 is 9.47 Å². The fourth-order valence-corrected chi connectivity index (χ4v) is 2.09. The van der Waals surface area contributed by atoms with Crippen molar-refractivity contribution in [2.45, 2.75) is 24.3 Å². The number of hydrogen-bond acceptors (Lipinski definition) is 5. The molecular weight excluding hydrogens is 396 g/mol. The van der Waals surface area contributed by atoms with E-state index in [1.165, 1.54) is 0 Å². The van der Waals surface area contributed by atoms with Gasteiger partial charge in [0.2, 0.25) is 0 Å². The van der Waals surface area contributed by atoms with E-state index in [1.54, 1.807) is 0 Å². The first kappa shape index (κ1) is 23.2. The van der Waals surface area contributed by atoms with Gasteiger partial charge in [0.25, 0.3) is 0 Å². The van der Waals surface area contributed by atoms with Crippen molar-refractivity contribution in [2.24, 2.45) is 4.99 Å². The molecule has 0 fully saturated rings. The monoisotopic (exact) mass is 411 g/mol. The highest BCUT2D eigenvalue weighted by molar-refractivity contribution is 5.92.